The maximum Gasteiger partial charge on any atom is 0.00358 e. The van der Waals surface area contributed by atoms with Gasteiger partial charge in [-0.15, -0.1) is 17.0 Å². The molecule has 1 N–H and O–H groups in total. The fraction of sp³-hybridized carbons (Fsp3) is 1.00. The zero-order valence-corrected chi connectivity index (χ0v) is 9.27. The van der Waals surface area contributed by atoms with Gasteiger partial charge < -0.3 is 5.32 Å². The first kappa shape index (κ1) is 10.2. The van der Waals surface area contributed by atoms with Crippen LogP contribution in [0, 0.1) is 5.92 Å². The lowest BCUT2D eigenvalue weighted by Gasteiger charge is -2.19. The minimum absolute atomic E-state index is 0. The van der Waals surface area contributed by atoms with Crippen molar-refractivity contribution in [2.45, 2.75) is 12.8 Å². The van der Waals surface area contributed by atoms with Crippen molar-refractivity contribution in [2.75, 3.05) is 17.5 Å². The molecule has 1 rings (SSSR count). The molecule has 0 amide bonds. The zero-order valence-electron chi connectivity index (χ0n) is 5.40. The summed E-state index contributed by atoms with van der Waals surface area (Å²) in [7, 11) is 0. The topological polar surface area (TPSA) is 12.0 Å². The molecule has 0 spiro atoms. The molecule has 0 aromatic carbocycles. The molecular weight excluding hydrogens is 293 g/mol. The van der Waals surface area contributed by atoms with Crippen molar-refractivity contribution in [1.29, 1.82) is 0 Å². The van der Waals surface area contributed by atoms with Crippen molar-refractivity contribution in [2.24, 2.45) is 5.92 Å². The third-order valence-electron chi connectivity index (χ3n) is 1.62. The number of rotatable bonds is 1. The van der Waals surface area contributed by atoms with Gasteiger partial charge >= 0.3 is 0 Å². The molecule has 0 bridgehead atoms. The molecule has 0 saturated carbocycles. The van der Waals surface area contributed by atoms with E-state index in [0.29, 0.717) is 0 Å². The second-order valence-corrected chi connectivity index (χ2v) is 3.25. The smallest absolute Gasteiger partial charge is 0.00358 e. The van der Waals surface area contributed by atoms with Crippen LogP contribution in [0.25, 0.3) is 0 Å². The second kappa shape index (κ2) is 5.92. The third-order valence-corrected chi connectivity index (χ3v) is 2.86. The van der Waals surface area contributed by atoms with Gasteiger partial charge in [-0.05, 0) is 31.8 Å². The average molecular weight is 306 g/mol. The lowest BCUT2D eigenvalue weighted by molar-refractivity contribution is 0.414. The van der Waals surface area contributed by atoms with E-state index in [2.05, 4.69) is 27.9 Å². The molecule has 3 heteroatoms. The second-order valence-electron chi connectivity index (χ2n) is 2.37. The maximum atomic E-state index is 3.38. The molecule has 0 aromatic heterocycles. The fourth-order valence-corrected chi connectivity index (χ4v) is 1.81. The van der Waals surface area contributed by atoms with Crippen LogP contribution >= 0.6 is 39.6 Å². The third kappa shape index (κ3) is 3.78. The van der Waals surface area contributed by atoms with Gasteiger partial charge in [-0.2, -0.15) is 0 Å². The van der Waals surface area contributed by atoms with Crippen molar-refractivity contribution in [3.63, 3.8) is 0 Å². The molecule has 9 heavy (non-hydrogen) atoms. The van der Waals surface area contributed by atoms with E-state index < -0.39 is 0 Å². The zero-order chi connectivity index (χ0) is 5.82. The lowest BCUT2D eigenvalue weighted by Crippen LogP contribution is -2.30. The Labute approximate surface area is 80.9 Å². The van der Waals surface area contributed by atoms with Gasteiger partial charge in [0, 0.05) is 4.43 Å². The standard InChI is InChI=1S/C6H12IN.BrH/c7-4-6-2-1-3-8-5-6;/h6,8H,1-5H2;1H. The Bertz CT molecular complexity index is 64.1. The van der Waals surface area contributed by atoms with Crippen molar-refractivity contribution in [3.8, 4) is 0 Å². The van der Waals surface area contributed by atoms with E-state index in [1.54, 1.807) is 0 Å². The molecule has 1 aliphatic heterocycles. The Balaban J connectivity index is 0.000000640. The van der Waals surface area contributed by atoms with Crippen molar-refractivity contribution >= 4 is 39.6 Å². The molecular formula is C6H13BrIN. The SMILES string of the molecule is Br.ICC1CCCNC1. The van der Waals surface area contributed by atoms with Gasteiger partial charge in [0.2, 0.25) is 0 Å². The Morgan fingerprint density at radius 1 is 1.56 bits per heavy atom. The number of hydrogen-bond acceptors (Lipinski definition) is 1. The molecule has 0 aliphatic carbocycles. The van der Waals surface area contributed by atoms with Crippen molar-refractivity contribution < 1.29 is 0 Å². The van der Waals surface area contributed by atoms with Crippen LogP contribution in [0.1, 0.15) is 12.8 Å². The molecule has 1 fully saturated rings. The quantitative estimate of drug-likeness (QED) is 0.577. The Kier molecular flexibility index (Phi) is 6.69. The summed E-state index contributed by atoms with van der Waals surface area (Å²) in [5.74, 6) is 0.962. The van der Waals surface area contributed by atoms with Crippen LogP contribution in [0.3, 0.4) is 0 Å². The first-order chi connectivity index (χ1) is 3.93. The van der Waals surface area contributed by atoms with Crippen molar-refractivity contribution in [1.82, 2.24) is 5.32 Å². The summed E-state index contributed by atoms with van der Waals surface area (Å²) < 4.78 is 1.32. The summed E-state index contributed by atoms with van der Waals surface area (Å²) >= 11 is 2.47. The summed E-state index contributed by atoms with van der Waals surface area (Å²) in [5, 5.41) is 3.38. The van der Waals surface area contributed by atoms with E-state index in [1.165, 1.54) is 30.4 Å². The predicted molar refractivity (Wildman–Crippen MR) is 54.8 cm³/mol. The van der Waals surface area contributed by atoms with Crippen LogP contribution < -0.4 is 5.32 Å². The largest absolute Gasteiger partial charge is 0.316 e. The molecule has 1 aliphatic rings. The first-order valence-electron chi connectivity index (χ1n) is 3.20. The number of piperidine rings is 1. The predicted octanol–water partition coefficient (Wildman–Crippen LogP) is 2.00. The Hall–Kier alpha value is 1.17. The maximum absolute atomic E-state index is 3.38. The minimum Gasteiger partial charge on any atom is -0.316 e. The monoisotopic (exact) mass is 305 g/mol. The summed E-state index contributed by atoms with van der Waals surface area (Å²) in [6.07, 6.45) is 2.82. The normalized spacial score (nSPS) is 27.0. The Morgan fingerprint density at radius 3 is 2.67 bits per heavy atom. The Morgan fingerprint density at radius 2 is 2.33 bits per heavy atom. The highest BCUT2D eigenvalue weighted by atomic mass is 127. The average Bonchev–Trinajstić information content (AvgIpc) is 1.90. The first-order valence-corrected chi connectivity index (χ1v) is 4.72. The van der Waals surface area contributed by atoms with Crippen LogP contribution in [-0.2, 0) is 0 Å². The highest BCUT2D eigenvalue weighted by Crippen LogP contribution is 2.11. The summed E-state index contributed by atoms with van der Waals surface area (Å²) in [6.45, 7) is 2.50. The number of nitrogens with one attached hydrogen (secondary N) is 1. The van der Waals surface area contributed by atoms with Gasteiger partial charge in [0.1, 0.15) is 0 Å². The molecule has 0 radical (unpaired) electrons. The number of halogens is 2. The van der Waals surface area contributed by atoms with Crippen molar-refractivity contribution in [3.05, 3.63) is 0 Å². The van der Waals surface area contributed by atoms with E-state index in [1.807, 2.05) is 0 Å². The molecule has 0 aromatic rings. The lowest BCUT2D eigenvalue weighted by atomic mass is 10.0. The van der Waals surface area contributed by atoms with E-state index >= 15 is 0 Å². The van der Waals surface area contributed by atoms with E-state index in [9.17, 15) is 0 Å². The van der Waals surface area contributed by atoms with Crippen LogP contribution in [0.4, 0.5) is 0 Å². The fourth-order valence-electron chi connectivity index (χ4n) is 1.06. The van der Waals surface area contributed by atoms with E-state index in [-0.39, 0.29) is 17.0 Å². The van der Waals surface area contributed by atoms with Crippen LogP contribution in [0.5, 0.6) is 0 Å². The van der Waals surface area contributed by atoms with Gasteiger partial charge in [-0.1, -0.05) is 22.6 Å². The van der Waals surface area contributed by atoms with Gasteiger partial charge in [-0.3, -0.25) is 0 Å². The van der Waals surface area contributed by atoms with E-state index in [0.717, 1.165) is 5.92 Å². The van der Waals surface area contributed by atoms with E-state index in [4.69, 9.17) is 0 Å². The molecule has 56 valence electrons. The number of alkyl halides is 1. The summed E-state index contributed by atoms with van der Waals surface area (Å²) in [4.78, 5) is 0. The summed E-state index contributed by atoms with van der Waals surface area (Å²) in [5.41, 5.74) is 0. The van der Waals surface area contributed by atoms with Gasteiger partial charge in [0.25, 0.3) is 0 Å². The minimum atomic E-state index is 0. The van der Waals surface area contributed by atoms with Gasteiger partial charge in [0.15, 0.2) is 0 Å². The molecule has 1 unspecified atom stereocenters. The van der Waals surface area contributed by atoms with Crippen LogP contribution in [-0.4, -0.2) is 17.5 Å². The van der Waals surface area contributed by atoms with Gasteiger partial charge in [-0.25, -0.2) is 0 Å². The highest BCUT2D eigenvalue weighted by molar-refractivity contribution is 14.1. The molecule has 1 atom stereocenters. The molecule has 1 saturated heterocycles. The molecule has 1 heterocycles. The molecule has 1 nitrogen and oxygen atoms in total. The highest BCUT2D eigenvalue weighted by Gasteiger charge is 2.09. The summed E-state index contributed by atoms with van der Waals surface area (Å²) in [6, 6.07) is 0. The number of hydrogen-bond donors (Lipinski definition) is 1. The van der Waals surface area contributed by atoms with Gasteiger partial charge in [0.05, 0.1) is 0 Å². The van der Waals surface area contributed by atoms with Crippen LogP contribution in [0.2, 0.25) is 0 Å². The van der Waals surface area contributed by atoms with Crippen LogP contribution in [0.15, 0.2) is 0 Å².